The van der Waals surface area contributed by atoms with Crippen LogP contribution in [0.3, 0.4) is 0 Å². The van der Waals surface area contributed by atoms with Crippen LogP contribution in [0.2, 0.25) is 0 Å². The number of benzene rings is 1. The highest BCUT2D eigenvalue weighted by Crippen LogP contribution is 2.42. The third-order valence-corrected chi connectivity index (χ3v) is 7.15. The molecule has 0 saturated heterocycles. The Bertz CT molecular complexity index is 700. The summed E-state index contributed by atoms with van der Waals surface area (Å²) in [5, 5.41) is 0. The molecule has 0 heterocycles. The molecule has 2 fully saturated rings. The van der Waals surface area contributed by atoms with Gasteiger partial charge in [0, 0.05) is 5.92 Å². The molecular formula is C27H36F2. The Morgan fingerprint density at radius 3 is 2.10 bits per heavy atom. The van der Waals surface area contributed by atoms with Crippen molar-refractivity contribution < 1.29 is 8.78 Å². The number of allylic oxidation sites excluding steroid dienone is 1. The van der Waals surface area contributed by atoms with E-state index in [0.717, 1.165) is 43.4 Å². The van der Waals surface area contributed by atoms with E-state index in [2.05, 4.69) is 18.4 Å². The zero-order chi connectivity index (χ0) is 20.6. The number of halogens is 2. The molecule has 1 aromatic rings. The number of hydrogen-bond acceptors (Lipinski definition) is 0. The Hall–Kier alpha value is -1.62. The lowest BCUT2D eigenvalue weighted by atomic mass is 9.69. The summed E-state index contributed by atoms with van der Waals surface area (Å²) in [5.41, 5.74) is 0.664. The smallest absolute Gasteiger partial charge is 0.142 e. The molecule has 2 aliphatic carbocycles. The van der Waals surface area contributed by atoms with Gasteiger partial charge in [-0.2, -0.15) is 0 Å². The molecule has 0 aliphatic heterocycles. The number of hydrogen-bond donors (Lipinski definition) is 0. The fourth-order valence-corrected chi connectivity index (χ4v) is 5.39. The first kappa shape index (κ1) is 22.1. The van der Waals surface area contributed by atoms with E-state index in [1.54, 1.807) is 0 Å². The van der Waals surface area contributed by atoms with Gasteiger partial charge >= 0.3 is 0 Å². The van der Waals surface area contributed by atoms with Crippen LogP contribution in [0, 0.1) is 47.1 Å². The molecule has 0 bridgehead atoms. The normalized spacial score (nSPS) is 27.1. The average molecular weight is 399 g/mol. The van der Waals surface area contributed by atoms with E-state index in [0.29, 0.717) is 12.0 Å². The largest absolute Gasteiger partial charge is 0.206 e. The van der Waals surface area contributed by atoms with Crippen molar-refractivity contribution in [1.29, 1.82) is 0 Å². The molecule has 1 aromatic carbocycles. The molecule has 158 valence electrons. The van der Waals surface area contributed by atoms with Crippen molar-refractivity contribution in [1.82, 2.24) is 0 Å². The number of aryl methyl sites for hydroxylation is 1. The van der Waals surface area contributed by atoms with Crippen molar-refractivity contribution in [3.63, 3.8) is 0 Å². The van der Waals surface area contributed by atoms with Gasteiger partial charge in [-0.15, -0.1) is 6.58 Å². The van der Waals surface area contributed by atoms with Crippen molar-refractivity contribution in [2.24, 2.45) is 23.7 Å². The van der Waals surface area contributed by atoms with Gasteiger partial charge in [-0.1, -0.05) is 44.1 Å². The molecule has 2 heteroatoms. The first-order chi connectivity index (χ1) is 14.1. The van der Waals surface area contributed by atoms with E-state index in [1.165, 1.54) is 57.1 Å². The van der Waals surface area contributed by atoms with E-state index >= 15 is 0 Å². The Morgan fingerprint density at radius 2 is 1.55 bits per heavy atom. The van der Waals surface area contributed by atoms with Crippen LogP contribution in [0.5, 0.6) is 0 Å². The maximum Gasteiger partial charge on any atom is 0.142 e. The Labute approximate surface area is 176 Å². The summed E-state index contributed by atoms with van der Waals surface area (Å²) < 4.78 is 28.5. The van der Waals surface area contributed by atoms with Gasteiger partial charge in [-0.3, -0.25) is 0 Å². The molecule has 29 heavy (non-hydrogen) atoms. The van der Waals surface area contributed by atoms with Gasteiger partial charge in [0.25, 0.3) is 0 Å². The maximum atomic E-state index is 14.3. The SMILES string of the molecule is C=CCC[C@H]1CC[C@H](C2CCC(C#Cc3c(F)cc(CCC)cc3F)CC2)CC1. The van der Waals surface area contributed by atoms with Crippen LogP contribution in [0.15, 0.2) is 24.8 Å². The Morgan fingerprint density at radius 1 is 0.966 bits per heavy atom. The molecule has 0 spiro atoms. The highest BCUT2D eigenvalue weighted by atomic mass is 19.1. The lowest BCUT2D eigenvalue weighted by Gasteiger charge is -2.37. The molecule has 0 atom stereocenters. The van der Waals surface area contributed by atoms with Crippen molar-refractivity contribution in [3.8, 4) is 11.8 Å². The van der Waals surface area contributed by atoms with E-state index < -0.39 is 11.6 Å². The summed E-state index contributed by atoms with van der Waals surface area (Å²) in [4.78, 5) is 0. The Kier molecular flexibility index (Phi) is 8.34. The highest BCUT2D eigenvalue weighted by Gasteiger charge is 2.30. The summed E-state index contributed by atoms with van der Waals surface area (Å²) in [6.07, 6.45) is 16.2. The average Bonchev–Trinajstić information content (AvgIpc) is 2.73. The van der Waals surface area contributed by atoms with Gasteiger partial charge in [0.1, 0.15) is 11.6 Å². The van der Waals surface area contributed by atoms with E-state index in [4.69, 9.17) is 0 Å². The fourth-order valence-electron chi connectivity index (χ4n) is 5.39. The van der Waals surface area contributed by atoms with Crippen molar-refractivity contribution in [2.75, 3.05) is 0 Å². The molecular weight excluding hydrogens is 362 g/mol. The minimum atomic E-state index is -0.511. The van der Waals surface area contributed by atoms with Crippen LogP contribution in [0.25, 0.3) is 0 Å². The van der Waals surface area contributed by atoms with Gasteiger partial charge in [-0.25, -0.2) is 8.78 Å². The summed E-state index contributed by atoms with van der Waals surface area (Å²) in [5.74, 6) is 7.89. The topological polar surface area (TPSA) is 0 Å². The minimum Gasteiger partial charge on any atom is -0.206 e. The quantitative estimate of drug-likeness (QED) is 0.338. The first-order valence-corrected chi connectivity index (χ1v) is 11.7. The van der Waals surface area contributed by atoms with Crippen molar-refractivity contribution >= 4 is 0 Å². The second-order valence-electron chi connectivity index (χ2n) is 9.21. The van der Waals surface area contributed by atoms with Crippen molar-refractivity contribution in [2.45, 2.75) is 84.0 Å². The Balaban J connectivity index is 1.49. The zero-order valence-corrected chi connectivity index (χ0v) is 18.0. The van der Waals surface area contributed by atoms with E-state index in [-0.39, 0.29) is 11.5 Å². The summed E-state index contributed by atoms with van der Waals surface area (Å²) in [6.45, 7) is 5.85. The van der Waals surface area contributed by atoms with Gasteiger partial charge in [0.15, 0.2) is 0 Å². The van der Waals surface area contributed by atoms with E-state index in [1.807, 2.05) is 13.0 Å². The van der Waals surface area contributed by atoms with Gasteiger partial charge < -0.3 is 0 Å². The molecule has 0 unspecified atom stereocenters. The number of rotatable bonds is 6. The lowest BCUT2D eigenvalue weighted by Crippen LogP contribution is -2.25. The van der Waals surface area contributed by atoms with Crippen LogP contribution in [-0.2, 0) is 6.42 Å². The molecule has 2 saturated carbocycles. The van der Waals surface area contributed by atoms with Crippen LogP contribution in [-0.4, -0.2) is 0 Å². The van der Waals surface area contributed by atoms with Gasteiger partial charge in [0.05, 0.1) is 5.56 Å². The molecule has 0 N–H and O–H groups in total. The molecule has 0 aromatic heterocycles. The molecule has 2 aliphatic rings. The van der Waals surface area contributed by atoms with Gasteiger partial charge in [0.2, 0.25) is 0 Å². The monoisotopic (exact) mass is 398 g/mol. The predicted molar refractivity (Wildman–Crippen MR) is 118 cm³/mol. The predicted octanol–water partition coefficient (Wildman–Crippen LogP) is 7.85. The summed E-state index contributed by atoms with van der Waals surface area (Å²) in [6, 6.07) is 2.89. The second kappa shape index (κ2) is 11.0. The molecule has 3 rings (SSSR count). The maximum absolute atomic E-state index is 14.3. The molecule has 0 amide bonds. The van der Waals surface area contributed by atoms with Crippen LogP contribution in [0.1, 0.15) is 88.7 Å². The first-order valence-electron chi connectivity index (χ1n) is 11.7. The minimum absolute atomic E-state index is 0.0511. The zero-order valence-electron chi connectivity index (χ0n) is 18.0. The summed E-state index contributed by atoms with van der Waals surface area (Å²) in [7, 11) is 0. The van der Waals surface area contributed by atoms with Crippen molar-refractivity contribution in [3.05, 3.63) is 47.5 Å². The second-order valence-corrected chi connectivity index (χ2v) is 9.21. The van der Waals surface area contributed by atoms with Crippen LogP contribution in [0.4, 0.5) is 8.78 Å². The molecule has 0 nitrogen and oxygen atoms in total. The third kappa shape index (κ3) is 6.18. The highest BCUT2D eigenvalue weighted by molar-refractivity contribution is 5.39. The van der Waals surface area contributed by atoms with Crippen LogP contribution >= 0.6 is 0 Å². The van der Waals surface area contributed by atoms with Gasteiger partial charge in [-0.05, 0) is 93.2 Å². The molecule has 0 radical (unpaired) electrons. The third-order valence-electron chi connectivity index (χ3n) is 7.15. The van der Waals surface area contributed by atoms with Crippen LogP contribution < -0.4 is 0 Å². The lowest BCUT2D eigenvalue weighted by molar-refractivity contribution is 0.154. The standard InChI is InChI=1S/C27H36F2/c1-3-5-7-20-8-13-23(14-9-20)24-15-10-21(11-16-24)12-17-25-26(28)18-22(6-4-2)19-27(25)29/h3,18-21,23-24H,1,4-11,13-16H2,2H3/t20-,21?,23-,24?. The summed E-state index contributed by atoms with van der Waals surface area (Å²) >= 11 is 0. The fraction of sp³-hybridized carbons (Fsp3) is 0.630. The van der Waals surface area contributed by atoms with E-state index in [9.17, 15) is 8.78 Å².